The monoisotopic (exact) mass is 264 g/mol. The summed E-state index contributed by atoms with van der Waals surface area (Å²) < 4.78 is 5.20. The Morgan fingerprint density at radius 2 is 2.44 bits per heavy atom. The fourth-order valence-electron chi connectivity index (χ4n) is 1.62. The van der Waals surface area contributed by atoms with E-state index in [1.165, 1.54) is 19.0 Å². The second-order valence-corrected chi connectivity index (χ2v) is 5.30. The lowest BCUT2D eigenvalue weighted by atomic mass is 10.3. The number of nitrogen functional groups attached to an aromatic ring is 1. The number of aromatic nitrogens is 2. The van der Waals surface area contributed by atoms with Gasteiger partial charge in [0.05, 0.1) is 12.7 Å². The molecular weight excluding hydrogens is 252 g/mol. The SMILES string of the molecule is Nc1ncc(C(=O)NCc2cc(C3CC3)on2)s1. The molecule has 6 nitrogen and oxygen atoms in total. The van der Waals surface area contributed by atoms with E-state index in [2.05, 4.69) is 15.5 Å². The molecule has 3 N–H and O–H groups in total. The maximum Gasteiger partial charge on any atom is 0.263 e. The molecule has 3 rings (SSSR count). The summed E-state index contributed by atoms with van der Waals surface area (Å²) >= 11 is 1.16. The third-order valence-electron chi connectivity index (χ3n) is 2.73. The summed E-state index contributed by atoms with van der Waals surface area (Å²) in [5, 5.41) is 7.06. The molecule has 94 valence electrons. The lowest BCUT2D eigenvalue weighted by Gasteiger charge is -1.98. The van der Waals surface area contributed by atoms with Crippen molar-refractivity contribution < 1.29 is 9.32 Å². The largest absolute Gasteiger partial charge is 0.375 e. The van der Waals surface area contributed by atoms with Crippen molar-refractivity contribution in [1.29, 1.82) is 0 Å². The van der Waals surface area contributed by atoms with Gasteiger partial charge >= 0.3 is 0 Å². The number of nitrogens with zero attached hydrogens (tertiary/aromatic N) is 2. The average Bonchev–Trinajstić information content (AvgIpc) is 2.95. The van der Waals surface area contributed by atoms with Gasteiger partial charge in [-0.15, -0.1) is 0 Å². The predicted molar refractivity (Wildman–Crippen MR) is 66.2 cm³/mol. The molecule has 2 aromatic heterocycles. The van der Waals surface area contributed by atoms with Crippen molar-refractivity contribution in [2.75, 3.05) is 5.73 Å². The van der Waals surface area contributed by atoms with E-state index in [1.54, 1.807) is 0 Å². The van der Waals surface area contributed by atoms with Crippen molar-refractivity contribution in [3.8, 4) is 0 Å². The number of nitrogens with two attached hydrogens (primary N) is 1. The zero-order valence-electron chi connectivity index (χ0n) is 9.55. The molecule has 18 heavy (non-hydrogen) atoms. The number of nitrogens with one attached hydrogen (secondary N) is 1. The minimum absolute atomic E-state index is 0.194. The van der Waals surface area contributed by atoms with Crippen LogP contribution in [-0.4, -0.2) is 16.0 Å². The lowest BCUT2D eigenvalue weighted by molar-refractivity contribution is 0.0954. The van der Waals surface area contributed by atoms with E-state index >= 15 is 0 Å². The Morgan fingerprint density at radius 3 is 3.11 bits per heavy atom. The first-order valence-electron chi connectivity index (χ1n) is 5.67. The van der Waals surface area contributed by atoms with Gasteiger partial charge in [0, 0.05) is 12.0 Å². The summed E-state index contributed by atoms with van der Waals surface area (Å²) in [7, 11) is 0. The van der Waals surface area contributed by atoms with Gasteiger partial charge in [-0.1, -0.05) is 16.5 Å². The summed E-state index contributed by atoms with van der Waals surface area (Å²) in [5.41, 5.74) is 6.21. The number of thiazole rings is 1. The topological polar surface area (TPSA) is 94.0 Å². The number of rotatable bonds is 4. The number of carbonyl (C=O) groups excluding carboxylic acids is 1. The van der Waals surface area contributed by atoms with Gasteiger partial charge in [0.1, 0.15) is 16.3 Å². The summed E-state index contributed by atoms with van der Waals surface area (Å²) in [6.07, 6.45) is 3.80. The molecule has 0 aromatic carbocycles. The van der Waals surface area contributed by atoms with Gasteiger partial charge in [-0.05, 0) is 12.8 Å². The fraction of sp³-hybridized carbons (Fsp3) is 0.364. The molecule has 2 aromatic rings. The smallest absolute Gasteiger partial charge is 0.263 e. The molecule has 7 heteroatoms. The van der Waals surface area contributed by atoms with Gasteiger partial charge in [-0.2, -0.15) is 0 Å². The van der Waals surface area contributed by atoms with Crippen molar-refractivity contribution in [3.05, 3.63) is 28.6 Å². The van der Waals surface area contributed by atoms with Crippen LogP contribution in [-0.2, 0) is 6.54 Å². The van der Waals surface area contributed by atoms with Crippen molar-refractivity contribution in [3.63, 3.8) is 0 Å². The molecule has 1 fully saturated rings. The van der Waals surface area contributed by atoms with Crippen molar-refractivity contribution in [2.45, 2.75) is 25.3 Å². The number of carbonyl (C=O) groups is 1. The average molecular weight is 264 g/mol. The highest BCUT2D eigenvalue weighted by atomic mass is 32.1. The van der Waals surface area contributed by atoms with Crippen LogP contribution in [0.5, 0.6) is 0 Å². The van der Waals surface area contributed by atoms with Gasteiger partial charge in [-0.3, -0.25) is 4.79 Å². The van der Waals surface area contributed by atoms with Gasteiger partial charge in [0.25, 0.3) is 5.91 Å². The van der Waals surface area contributed by atoms with E-state index in [0.717, 1.165) is 22.8 Å². The third-order valence-corrected chi connectivity index (χ3v) is 3.56. The van der Waals surface area contributed by atoms with E-state index in [0.29, 0.717) is 22.5 Å². The van der Waals surface area contributed by atoms with Crippen LogP contribution in [0.3, 0.4) is 0 Å². The Labute approximate surface area is 107 Å². The van der Waals surface area contributed by atoms with Crippen LogP contribution in [0.25, 0.3) is 0 Å². The Kier molecular flexibility index (Phi) is 2.75. The van der Waals surface area contributed by atoms with Gasteiger partial charge in [0.2, 0.25) is 0 Å². The molecule has 0 atom stereocenters. The van der Waals surface area contributed by atoms with Crippen molar-refractivity contribution in [1.82, 2.24) is 15.5 Å². The molecular formula is C11H12N4O2S. The lowest BCUT2D eigenvalue weighted by Crippen LogP contribution is -2.21. The van der Waals surface area contributed by atoms with Crippen LogP contribution in [0, 0.1) is 0 Å². The maximum atomic E-state index is 11.7. The maximum absolute atomic E-state index is 11.7. The first-order chi connectivity index (χ1) is 8.72. The van der Waals surface area contributed by atoms with Gasteiger partial charge in [-0.25, -0.2) is 4.98 Å². The molecule has 0 spiro atoms. The summed E-state index contributed by atoms with van der Waals surface area (Å²) in [6.45, 7) is 0.354. The van der Waals surface area contributed by atoms with Gasteiger partial charge < -0.3 is 15.6 Å². The Morgan fingerprint density at radius 1 is 1.61 bits per heavy atom. The highest BCUT2D eigenvalue weighted by Gasteiger charge is 2.27. The highest BCUT2D eigenvalue weighted by molar-refractivity contribution is 7.17. The molecule has 0 radical (unpaired) electrons. The molecule has 1 saturated carbocycles. The Balaban J connectivity index is 1.58. The number of hydrogen-bond acceptors (Lipinski definition) is 6. The first-order valence-corrected chi connectivity index (χ1v) is 6.49. The summed E-state index contributed by atoms with van der Waals surface area (Å²) in [6, 6.07) is 1.90. The first kappa shape index (κ1) is 11.2. The molecule has 1 aliphatic rings. The zero-order valence-corrected chi connectivity index (χ0v) is 10.4. The molecule has 1 amide bonds. The minimum atomic E-state index is -0.194. The number of anilines is 1. The van der Waals surface area contributed by atoms with Crippen LogP contribution in [0.2, 0.25) is 0 Å². The second-order valence-electron chi connectivity index (χ2n) is 4.24. The van der Waals surface area contributed by atoms with E-state index < -0.39 is 0 Å². The number of amides is 1. The predicted octanol–water partition coefficient (Wildman–Crippen LogP) is 1.52. The minimum Gasteiger partial charge on any atom is -0.375 e. The summed E-state index contributed by atoms with van der Waals surface area (Å²) in [4.78, 5) is 16.1. The van der Waals surface area contributed by atoms with Crippen LogP contribution in [0.15, 0.2) is 16.8 Å². The van der Waals surface area contributed by atoms with Crippen LogP contribution < -0.4 is 11.1 Å². The molecule has 2 heterocycles. The van der Waals surface area contributed by atoms with E-state index in [4.69, 9.17) is 10.3 Å². The quantitative estimate of drug-likeness (QED) is 0.873. The summed E-state index contributed by atoms with van der Waals surface area (Å²) in [5.74, 6) is 1.25. The van der Waals surface area contributed by atoms with E-state index in [-0.39, 0.29) is 5.91 Å². The van der Waals surface area contributed by atoms with Crippen LogP contribution in [0.1, 0.15) is 39.9 Å². The van der Waals surface area contributed by atoms with E-state index in [9.17, 15) is 4.79 Å². The zero-order chi connectivity index (χ0) is 12.5. The molecule has 0 unspecified atom stereocenters. The van der Waals surface area contributed by atoms with Crippen LogP contribution >= 0.6 is 11.3 Å². The highest BCUT2D eigenvalue weighted by Crippen LogP contribution is 2.40. The number of hydrogen-bond donors (Lipinski definition) is 2. The van der Waals surface area contributed by atoms with Gasteiger partial charge in [0.15, 0.2) is 5.13 Å². The Hall–Kier alpha value is -1.89. The van der Waals surface area contributed by atoms with E-state index in [1.807, 2.05) is 6.07 Å². The van der Waals surface area contributed by atoms with Crippen molar-refractivity contribution in [2.24, 2.45) is 0 Å². The molecule has 0 saturated heterocycles. The molecule has 1 aliphatic carbocycles. The molecule has 0 aliphatic heterocycles. The van der Waals surface area contributed by atoms with Crippen molar-refractivity contribution >= 4 is 22.4 Å². The second kappa shape index (κ2) is 4.41. The molecule has 0 bridgehead atoms. The van der Waals surface area contributed by atoms with Crippen LogP contribution in [0.4, 0.5) is 5.13 Å². The third kappa shape index (κ3) is 2.35. The standard InChI is InChI=1S/C11H12N4O2S/c12-11-14-5-9(18-11)10(16)13-4-7-3-8(17-15-7)6-1-2-6/h3,5-6H,1-2,4H2,(H2,12,14)(H,13,16). The fourth-order valence-corrected chi connectivity index (χ4v) is 2.22. The Bertz CT molecular complexity index is 573. The normalized spacial score (nSPS) is 14.7.